The van der Waals surface area contributed by atoms with Crippen LogP contribution in [0.25, 0.3) is 105 Å². The van der Waals surface area contributed by atoms with Crippen LogP contribution < -0.4 is 0 Å². The molecular weight excluding hydrogens is 693 g/mol. The largest absolute Gasteiger partial charge is 0.309 e. The lowest BCUT2D eigenvalue weighted by atomic mass is 10.0. The Hall–Kier alpha value is -7.69. The normalized spacial score (nSPS) is 11.9. The van der Waals surface area contributed by atoms with Crippen molar-refractivity contribution in [3.8, 4) is 39.6 Å². The van der Waals surface area contributed by atoms with Crippen molar-refractivity contribution >= 4 is 65.4 Å². The molecular formula is C53H34N4. The Morgan fingerprint density at radius 2 is 0.807 bits per heavy atom. The van der Waals surface area contributed by atoms with E-state index in [0.717, 1.165) is 50.4 Å². The summed E-state index contributed by atoms with van der Waals surface area (Å²) in [5, 5.41) is 7.35. The van der Waals surface area contributed by atoms with Crippen molar-refractivity contribution in [2.75, 3.05) is 0 Å². The van der Waals surface area contributed by atoms with Crippen molar-refractivity contribution in [1.82, 2.24) is 18.7 Å². The van der Waals surface area contributed by atoms with E-state index in [1.165, 1.54) is 54.6 Å². The summed E-state index contributed by atoms with van der Waals surface area (Å²) >= 11 is 0. The lowest BCUT2D eigenvalue weighted by molar-refractivity contribution is 1.08. The van der Waals surface area contributed by atoms with E-state index in [-0.39, 0.29) is 0 Å². The minimum atomic E-state index is 0.884. The molecule has 0 bridgehead atoms. The summed E-state index contributed by atoms with van der Waals surface area (Å²) in [5.74, 6) is 0.884. The number of fused-ring (bicyclic) bond motifs is 9. The van der Waals surface area contributed by atoms with Gasteiger partial charge in [-0.05, 0) is 71.8 Å². The first-order valence-electron chi connectivity index (χ1n) is 19.5. The number of hydrogen-bond acceptors (Lipinski definition) is 1. The van der Waals surface area contributed by atoms with Gasteiger partial charge in [-0.2, -0.15) is 0 Å². The van der Waals surface area contributed by atoms with E-state index in [2.05, 4.69) is 220 Å². The van der Waals surface area contributed by atoms with E-state index < -0.39 is 0 Å². The molecule has 57 heavy (non-hydrogen) atoms. The third-order valence-electron chi connectivity index (χ3n) is 11.6. The third-order valence-corrected chi connectivity index (χ3v) is 11.6. The van der Waals surface area contributed by atoms with Crippen LogP contribution in [0.3, 0.4) is 0 Å². The van der Waals surface area contributed by atoms with Gasteiger partial charge >= 0.3 is 0 Å². The average Bonchev–Trinajstić information content (AvgIpc) is 3.92. The smallest absolute Gasteiger partial charge is 0.138 e. The van der Waals surface area contributed by atoms with Crippen LogP contribution in [-0.2, 0) is 0 Å². The van der Waals surface area contributed by atoms with Gasteiger partial charge in [0.2, 0.25) is 0 Å². The molecule has 0 fully saturated rings. The molecule has 0 aliphatic carbocycles. The van der Waals surface area contributed by atoms with Crippen LogP contribution in [0.5, 0.6) is 0 Å². The van der Waals surface area contributed by atoms with Crippen LogP contribution in [0, 0.1) is 0 Å². The van der Waals surface area contributed by atoms with Crippen molar-refractivity contribution < 1.29 is 0 Å². The Balaban J connectivity index is 1.14. The van der Waals surface area contributed by atoms with Gasteiger partial charge < -0.3 is 9.13 Å². The van der Waals surface area contributed by atoms with Gasteiger partial charge in [-0.25, -0.2) is 4.98 Å². The summed E-state index contributed by atoms with van der Waals surface area (Å²) in [6, 6.07) is 74.3. The quantitative estimate of drug-likeness (QED) is 0.174. The Labute approximate surface area is 328 Å². The van der Waals surface area contributed by atoms with Crippen molar-refractivity contribution in [2.24, 2.45) is 0 Å². The van der Waals surface area contributed by atoms with Crippen LogP contribution in [-0.4, -0.2) is 18.7 Å². The van der Waals surface area contributed by atoms with Crippen LogP contribution >= 0.6 is 0 Å². The average molecular weight is 727 g/mol. The second-order valence-corrected chi connectivity index (χ2v) is 14.8. The molecule has 8 aromatic carbocycles. The molecule has 0 N–H and O–H groups in total. The highest BCUT2D eigenvalue weighted by molar-refractivity contribution is 6.17. The van der Waals surface area contributed by atoms with Gasteiger partial charge in [0, 0.05) is 43.6 Å². The molecule has 4 aromatic heterocycles. The molecule has 4 nitrogen and oxygen atoms in total. The minimum absolute atomic E-state index is 0.884. The number of pyridine rings is 1. The zero-order chi connectivity index (χ0) is 37.5. The molecule has 266 valence electrons. The number of nitrogens with zero attached hydrogens (tertiary/aromatic N) is 4. The number of para-hydroxylation sites is 4. The lowest BCUT2D eigenvalue weighted by Gasteiger charge is -2.14. The van der Waals surface area contributed by atoms with Gasteiger partial charge in [-0.1, -0.05) is 146 Å². The number of hydrogen-bond donors (Lipinski definition) is 0. The monoisotopic (exact) mass is 726 g/mol. The zero-order valence-electron chi connectivity index (χ0n) is 30.9. The maximum absolute atomic E-state index is 5.41. The summed E-state index contributed by atoms with van der Waals surface area (Å²) in [6.07, 6.45) is 0. The second-order valence-electron chi connectivity index (χ2n) is 14.8. The van der Waals surface area contributed by atoms with E-state index in [1.54, 1.807) is 0 Å². The molecule has 0 aliphatic heterocycles. The van der Waals surface area contributed by atoms with E-state index >= 15 is 0 Å². The molecule has 4 heteroatoms. The van der Waals surface area contributed by atoms with Crippen molar-refractivity contribution in [1.29, 1.82) is 0 Å². The Bertz CT molecular complexity index is 3400. The summed E-state index contributed by atoms with van der Waals surface area (Å²) in [7, 11) is 0. The maximum atomic E-state index is 5.41. The molecule has 4 heterocycles. The summed E-state index contributed by atoms with van der Waals surface area (Å²) in [5.41, 5.74) is 13.5. The molecule has 0 radical (unpaired) electrons. The van der Waals surface area contributed by atoms with Crippen LogP contribution in [0.2, 0.25) is 0 Å². The predicted molar refractivity (Wildman–Crippen MR) is 238 cm³/mol. The highest BCUT2D eigenvalue weighted by Gasteiger charge is 2.21. The molecule has 0 saturated heterocycles. The number of benzene rings is 8. The fraction of sp³-hybridized carbons (Fsp3) is 0. The fourth-order valence-corrected chi connectivity index (χ4v) is 9.18. The van der Waals surface area contributed by atoms with E-state index in [4.69, 9.17) is 4.98 Å². The summed E-state index contributed by atoms with van der Waals surface area (Å²) in [4.78, 5) is 5.41. The Morgan fingerprint density at radius 3 is 1.46 bits per heavy atom. The first-order valence-corrected chi connectivity index (χ1v) is 19.5. The highest BCUT2D eigenvalue weighted by atomic mass is 15.1. The fourth-order valence-electron chi connectivity index (χ4n) is 9.18. The van der Waals surface area contributed by atoms with E-state index in [9.17, 15) is 0 Å². The van der Waals surface area contributed by atoms with Gasteiger partial charge in [-0.15, -0.1) is 0 Å². The van der Waals surface area contributed by atoms with E-state index in [1.807, 2.05) is 0 Å². The second kappa shape index (κ2) is 12.4. The minimum Gasteiger partial charge on any atom is -0.309 e. The molecule has 12 rings (SSSR count). The number of rotatable bonds is 5. The first-order chi connectivity index (χ1) is 28.3. The van der Waals surface area contributed by atoms with Gasteiger partial charge in [0.15, 0.2) is 0 Å². The Morgan fingerprint density at radius 1 is 0.298 bits per heavy atom. The molecule has 0 spiro atoms. The molecule has 0 atom stereocenters. The van der Waals surface area contributed by atoms with Gasteiger partial charge in [0.05, 0.1) is 44.5 Å². The maximum Gasteiger partial charge on any atom is 0.138 e. The topological polar surface area (TPSA) is 27.7 Å². The SMILES string of the molecule is c1ccc(-c2cc(-c3ccccc3)nc(-n3c4ccccc4c4ccc(-n5c6ccccc6c6c(-n7c8ccccc8c8ccccc87)cccc65)cc43)c2)cc1. The summed E-state index contributed by atoms with van der Waals surface area (Å²) in [6.45, 7) is 0. The molecule has 0 unspecified atom stereocenters. The standard InChI is InChI=1S/C53H34N4/c1-3-16-35(17-4-1)37-32-44(36-18-5-2-6-19-36)54-52(33-37)57-47-26-13-9-22-41(47)42-31-30-38(34-51(42)57)55-48-27-14-10-23-43(48)53-49(55)28-15-29-50(53)56-45-24-11-7-20-39(45)40-21-8-12-25-46(40)56/h1-34H. The van der Waals surface area contributed by atoms with Crippen molar-refractivity contribution in [2.45, 2.75) is 0 Å². The van der Waals surface area contributed by atoms with Crippen molar-refractivity contribution in [3.05, 3.63) is 206 Å². The van der Waals surface area contributed by atoms with Gasteiger partial charge in [0.25, 0.3) is 0 Å². The highest BCUT2D eigenvalue weighted by Crippen LogP contribution is 2.41. The van der Waals surface area contributed by atoms with Gasteiger partial charge in [-0.3, -0.25) is 4.57 Å². The van der Waals surface area contributed by atoms with Crippen molar-refractivity contribution in [3.63, 3.8) is 0 Å². The molecule has 0 saturated carbocycles. The zero-order valence-corrected chi connectivity index (χ0v) is 30.9. The third kappa shape index (κ3) is 4.77. The van der Waals surface area contributed by atoms with Crippen LogP contribution in [0.4, 0.5) is 0 Å². The molecule has 0 amide bonds. The van der Waals surface area contributed by atoms with E-state index in [0.29, 0.717) is 0 Å². The van der Waals surface area contributed by atoms with Crippen LogP contribution in [0.1, 0.15) is 0 Å². The Kier molecular flexibility index (Phi) is 6.89. The molecule has 0 aliphatic rings. The summed E-state index contributed by atoms with van der Waals surface area (Å²) < 4.78 is 7.23. The van der Waals surface area contributed by atoms with Gasteiger partial charge in [0.1, 0.15) is 5.82 Å². The first kappa shape index (κ1) is 31.6. The lowest BCUT2D eigenvalue weighted by Crippen LogP contribution is -2.01. The van der Waals surface area contributed by atoms with Crippen LogP contribution in [0.15, 0.2) is 206 Å². The predicted octanol–water partition coefficient (Wildman–Crippen LogP) is 13.7. The number of aromatic nitrogens is 4. The molecule has 12 aromatic rings.